The highest BCUT2D eigenvalue weighted by atomic mass is 35.5. The van der Waals surface area contributed by atoms with Crippen LogP contribution in [0.25, 0.3) is 0 Å². The molecule has 0 fully saturated rings. The molecule has 1 N–H and O–H groups in total. The van der Waals surface area contributed by atoms with Crippen molar-refractivity contribution in [1.82, 2.24) is 5.32 Å². The molecule has 0 spiro atoms. The molecular formula is C15H16ClF2NS. The largest absolute Gasteiger partial charge is 0.309 e. The molecule has 1 aromatic heterocycles. The Balaban J connectivity index is 2.23. The van der Waals surface area contributed by atoms with Crippen LogP contribution in [-0.2, 0) is 6.42 Å². The molecule has 2 aromatic rings. The average Bonchev–Trinajstić information content (AvgIpc) is 2.84. The van der Waals surface area contributed by atoms with E-state index in [-0.39, 0.29) is 11.9 Å². The van der Waals surface area contributed by atoms with Gasteiger partial charge in [0, 0.05) is 10.9 Å². The van der Waals surface area contributed by atoms with Crippen molar-refractivity contribution < 1.29 is 8.78 Å². The van der Waals surface area contributed by atoms with Gasteiger partial charge in [0.1, 0.15) is 11.6 Å². The summed E-state index contributed by atoms with van der Waals surface area (Å²) in [7, 11) is 0. The summed E-state index contributed by atoms with van der Waals surface area (Å²) < 4.78 is 27.0. The predicted octanol–water partition coefficient (Wildman–Crippen LogP) is 4.96. The van der Waals surface area contributed by atoms with E-state index in [1.54, 1.807) is 0 Å². The lowest BCUT2D eigenvalue weighted by Crippen LogP contribution is -2.24. The second-order valence-corrected chi connectivity index (χ2v) is 5.93. The van der Waals surface area contributed by atoms with E-state index in [0.29, 0.717) is 17.0 Å². The van der Waals surface area contributed by atoms with Gasteiger partial charge in [-0.2, -0.15) is 0 Å². The Kier molecular flexibility index (Phi) is 5.52. The molecule has 0 amide bonds. The van der Waals surface area contributed by atoms with E-state index in [1.807, 2.05) is 11.4 Å². The Morgan fingerprint density at radius 2 is 2.10 bits per heavy atom. The van der Waals surface area contributed by atoms with E-state index in [0.717, 1.165) is 30.0 Å². The third-order valence-electron chi connectivity index (χ3n) is 3.03. The summed E-state index contributed by atoms with van der Waals surface area (Å²) in [6.07, 6.45) is 1.34. The van der Waals surface area contributed by atoms with Gasteiger partial charge in [-0.15, -0.1) is 11.3 Å². The molecule has 0 saturated heterocycles. The molecule has 20 heavy (non-hydrogen) atoms. The van der Waals surface area contributed by atoms with Crippen LogP contribution in [-0.4, -0.2) is 6.54 Å². The molecular weight excluding hydrogens is 300 g/mol. The maximum absolute atomic E-state index is 13.8. The second-order valence-electron chi connectivity index (χ2n) is 4.58. The Bertz CT molecular complexity index is 571. The molecule has 1 heterocycles. The van der Waals surface area contributed by atoms with Gasteiger partial charge in [0.15, 0.2) is 0 Å². The van der Waals surface area contributed by atoms with Crippen LogP contribution in [0.15, 0.2) is 29.6 Å². The summed E-state index contributed by atoms with van der Waals surface area (Å²) in [5, 5.41) is 5.91. The number of halogens is 3. The maximum Gasteiger partial charge on any atom is 0.126 e. The summed E-state index contributed by atoms with van der Waals surface area (Å²) in [5.74, 6) is -0.810. The number of hydrogen-bond acceptors (Lipinski definition) is 2. The topological polar surface area (TPSA) is 12.0 Å². The predicted molar refractivity (Wildman–Crippen MR) is 80.4 cm³/mol. The minimum atomic E-state index is -0.423. The van der Waals surface area contributed by atoms with E-state index in [2.05, 4.69) is 12.2 Å². The standard InChI is InChI=1S/C15H16ClF2NS/c1-2-6-19-14(15-12(16)5-7-20-15)9-10-8-11(17)3-4-13(10)18/h3-5,7-8,14,19H,2,6,9H2,1H3. The molecule has 1 aromatic carbocycles. The first-order chi connectivity index (χ1) is 9.61. The lowest BCUT2D eigenvalue weighted by molar-refractivity contribution is 0.514. The summed E-state index contributed by atoms with van der Waals surface area (Å²) in [6.45, 7) is 2.86. The fraction of sp³-hybridized carbons (Fsp3) is 0.333. The molecule has 0 radical (unpaired) electrons. The average molecular weight is 316 g/mol. The van der Waals surface area contributed by atoms with Crippen molar-refractivity contribution in [3.8, 4) is 0 Å². The van der Waals surface area contributed by atoms with Crippen molar-refractivity contribution in [2.45, 2.75) is 25.8 Å². The highest BCUT2D eigenvalue weighted by Crippen LogP contribution is 2.31. The first-order valence-electron chi connectivity index (χ1n) is 6.52. The first-order valence-corrected chi connectivity index (χ1v) is 7.77. The molecule has 108 valence electrons. The van der Waals surface area contributed by atoms with Crippen molar-refractivity contribution in [3.63, 3.8) is 0 Å². The van der Waals surface area contributed by atoms with Gasteiger partial charge in [0.05, 0.1) is 5.02 Å². The van der Waals surface area contributed by atoms with Crippen molar-refractivity contribution in [2.75, 3.05) is 6.54 Å². The quantitative estimate of drug-likeness (QED) is 0.794. The van der Waals surface area contributed by atoms with Crippen molar-refractivity contribution in [2.24, 2.45) is 0 Å². The molecule has 1 atom stereocenters. The Morgan fingerprint density at radius 1 is 1.30 bits per heavy atom. The van der Waals surface area contributed by atoms with Crippen LogP contribution in [0.4, 0.5) is 8.78 Å². The van der Waals surface area contributed by atoms with Crippen LogP contribution in [0.2, 0.25) is 5.02 Å². The molecule has 0 aliphatic rings. The Morgan fingerprint density at radius 3 is 2.75 bits per heavy atom. The van der Waals surface area contributed by atoms with Crippen molar-refractivity contribution in [1.29, 1.82) is 0 Å². The normalized spacial score (nSPS) is 12.6. The highest BCUT2D eigenvalue weighted by Gasteiger charge is 2.18. The zero-order valence-electron chi connectivity index (χ0n) is 11.1. The Labute approximate surface area is 126 Å². The van der Waals surface area contributed by atoms with Crippen LogP contribution in [0.1, 0.15) is 29.8 Å². The Hall–Kier alpha value is -0.970. The van der Waals surface area contributed by atoms with E-state index in [1.165, 1.54) is 17.4 Å². The van der Waals surface area contributed by atoms with Crippen LogP contribution < -0.4 is 5.32 Å². The number of hydrogen-bond donors (Lipinski definition) is 1. The maximum atomic E-state index is 13.8. The van der Waals surface area contributed by atoms with Gasteiger partial charge in [-0.1, -0.05) is 18.5 Å². The smallest absolute Gasteiger partial charge is 0.126 e. The van der Waals surface area contributed by atoms with E-state index in [9.17, 15) is 8.78 Å². The molecule has 0 aliphatic heterocycles. The molecule has 0 saturated carbocycles. The SMILES string of the molecule is CCCNC(Cc1cc(F)ccc1F)c1sccc1Cl. The first kappa shape index (κ1) is 15.4. The summed E-state index contributed by atoms with van der Waals surface area (Å²) in [5.41, 5.74) is 0.364. The molecule has 1 nitrogen and oxygen atoms in total. The fourth-order valence-electron chi connectivity index (χ4n) is 2.05. The minimum absolute atomic E-state index is 0.0984. The van der Waals surface area contributed by atoms with Gasteiger partial charge in [-0.05, 0) is 54.6 Å². The molecule has 0 bridgehead atoms. The zero-order chi connectivity index (χ0) is 14.5. The van der Waals surface area contributed by atoms with E-state index < -0.39 is 5.82 Å². The highest BCUT2D eigenvalue weighted by molar-refractivity contribution is 7.10. The van der Waals surface area contributed by atoms with Gasteiger partial charge >= 0.3 is 0 Å². The van der Waals surface area contributed by atoms with Crippen molar-refractivity contribution >= 4 is 22.9 Å². The lowest BCUT2D eigenvalue weighted by Gasteiger charge is -2.18. The van der Waals surface area contributed by atoms with Gasteiger partial charge in [-0.25, -0.2) is 8.78 Å². The minimum Gasteiger partial charge on any atom is -0.309 e. The molecule has 0 aliphatic carbocycles. The summed E-state index contributed by atoms with van der Waals surface area (Å²) >= 11 is 7.68. The van der Waals surface area contributed by atoms with E-state index >= 15 is 0 Å². The third-order valence-corrected chi connectivity index (χ3v) is 4.51. The van der Waals surface area contributed by atoms with Gasteiger partial charge in [0.2, 0.25) is 0 Å². The number of rotatable bonds is 6. The van der Waals surface area contributed by atoms with Gasteiger partial charge in [-0.3, -0.25) is 0 Å². The number of nitrogens with one attached hydrogen (secondary N) is 1. The summed E-state index contributed by atoms with van der Waals surface area (Å²) in [4.78, 5) is 0.962. The molecule has 5 heteroatoms. The third kappa shape index (κ3) is 3.78. The fourth-order valence-corrected chi connectivity index (χ4v) is 3.32. The monoisotopic (exact) mass is 315 g/mol. The summed E-state index contributed by atoms with van der Waals surface area (Å²) in [6, 6.07) is 5.27. The van der Waals surface area contributed by atoms with Crippen LogP contribution in [0, 0.1) is 11.6 Å². The number of thiophene rings is 1. The van der Waals surface area contributed by atoms with Crippen LogP contribution >= 0.6 is 22.9 Å². The van der Waals surface area contributed by atoms with Crippen LogP contribution in [0.3, 0.4) is 0 Å². The lowest BCUT2D eigenvalue weighted by atomic mass is 10.0. The van der Waals surface area contributed by atoms with Gasteiger partial charge in [0.25, 0.3) is 0 Å². The molecule has 1 unspecified atom stereocenters. The van der Waals surface area contributed by atoms with Crippen LogP contribution in [0.5, 0.6) is 0 Å². The van der Waals surface area contributed by atoms with Crippen molar-refractivity contribution in [3.05, 3.63) is 56.7 Å². The second kappa shape index (κ2) is 7.16. The molecule has 2 rings (SSSR count). The zero-order valence-corrected chi connectivity index (χ0v) is 12.7. The number of benzene rings is 1. The van der Waals surface area contributed by atoms with E-state index in [4.69, 9.17) is 11.6 Å². The van der Waals surface area contributed by atoms with Gasteiger partial charge < -0.3 is 5.32 Å².